The van der Waals surface area contributed by atoms with Gasteiger partial charge in [-0.05, 0) is 50.5 Å². The van der Waals surface area contributed by atoms with Crippen LogP contribution in [0, 0.1) is 13.8 Å². The molecule has 1 amide bonds. The predicted octanol–water partition coefficient (Wildman–Crippen LogP) is 2.97. The maximum Gasteiger partial charge on any atom is 0.355 e. The van der Waals surface area contributed by atoms with Crippen molar-refractivity contribution in [3.05, 3.63) is 51.9 Å². The Kier molecular flexibility index (Phi) is 9.16. The Morgan fingerprint density at radius 3 is 2.45 bits per heavy atom. The number of ether oxygens (including phenoxy) is 4. The van der Waals surface area contributed by atoms with E-state index in [4.69, 9.17) is 18.9 Å². The van der Waals surface area contributed by atoms with Crippen LogP contribution in [0.25, 0.3) is 5.76 Å². The van der Waals surface area contributed by atoms with Crippen LogP contribution in [0.15, 0.2) is 23.8 Å². The first-order valence-corrected chi connectivity index (χ1v) is 13.4. The van der Waals surface area contributed by atoms with Gasteiger partial charge in [-0.3, -0.25) is 14.5 Å². The Balaban J connectivity index is 1.78. The van der Waals surface area contributed by atoms with Crippen molar-refractivity contribution in [2.24, 2.45) is 0 Å². The maximum atomic E-state index is 13.5. The van der Waals surface area contributed by atoms with E-state index < -0.39 is 23.7 Å². The van der Waals surface area contributed by atoms with Gasteiger partial charge in [-0.2, -0.15) is 0 Å². The Morgan fingerprint density at radius 2 is 1.80 bits per heavy atom. The summed E-state index contributed by atoms with van der Waals surface area (Å²) < 4.78 is 21.4. The van der Waals surface area contributed by atoms with Crippen molar-refractivity contribution in [3.8, 4) is 11.5 Å². The highest BCUT2D eigenvalue weighted by molar-refractivity contribution is 6.46. The zero-order chi connectivity index (χ0) is 29.0. The molecule has 216 valence electrons. The van der Waals surface area contributed by atoms with Crippen molar-refractivity contribution in [2.75, 3.05) is 60.2 Å². The molecule has 2 aromatic rings. The van der Waals surface area contributed by atoms with E-state index in [1.54, 1.807) is 39.0 Å². The van der Waals surface area contributed by atoms with Crippen LogP contribution >= 0.6 is 0 Å². The molecular formula is C29H37N3O8. The van der Waals surface area contributed by atoms with Crippen LogP contribution in [0.3, 0.4) is 0 Å². The Bertz CT molecular complexity index is 1310. The second-order valence-corrected chi connectivity index (χ2v) is 9.76. The number of likely N-dealkylation sites (tertiary alicyclic amines) is 1. The normalized spacial score (nSPS) is 19.2. The summed E-state index contributed by atoms with van der Waals surface area (Å²) in [4.78, 5) is 46.2. The number of ketones is 1. The predicted molar refractivity (Wildman–Crippen MR) is 147 cm³/mol. The second-order valence-electron chi connectivity index (χ2n) is 9.76. The molecule has 0 radical (unpaired) electrons. The number of Topliss-reactive ketones (excluding diaryl/α,β-unsaturated/α-hetero) is 1. The number of carbonyl (C=O) groups excluding carboxylic acids is 3. The average molecular weight is 556 g/mol. The summed E-state index contributed by atoms with van der Waals surface area (Å²) in [6, 6.07) is 4.29. The standard InChI is InChI=1S/C29H37N3O8/c1-6-40-29(36)24-17(2)22(18(3)30-24)26(33)23-25(19-8-9-20(37-4)21(16-19)38-5)32(28(35)27(23)34)11-7-10-31-12-14-39-15-13-31/h8-9,16,25,30,33H,6-7,10-15H2,1-5H3/b26-23+/t25-/m1/s1. The lowest BCUT2D eigenvalue weighted by molar-refractivity contribution is -0.140. The summed E-state index contributed by atoms with van der Waals surface area (Å²) in [7, 11) is 3.03. The van der Waals surface area contributed by atoms with Crippen LogP contribution in [0.4, 0.5) is 0 Å². The molecule has 2 aliphatic rings. The topological polar surface area (TPSA) is 131 Å². The third-order valence-corrected chi connectivity index (χ3v) is 7.39. The SMILES string of the molecule is CCOC(=O)c1[nH]c(C)c(/C(O)=C2\C(=O)C(=O)N(CCCN3CCOCC3)[C@@H]2c2ccc(OC)c(OC)c2)c1C. The number of nitrogens with one attached hydrogen (secondary N) is 1. The molecule has 1 aromatic heterocycles. The van der Waals surface area contributed by atoms with Gasteiger partial charge in [-0.25, -0.2) is 4.79 Å². The molecule has 0 bridgehead atoms. The number of aliphatic hydroxyl groups is 1. The quantitative estimate of drug-likeness (QED) is 0.197. The highest BCUT2D eigenvalue weighted by atomic mass is 16.5. The van der Waals surface area contributed by atoms with Crippen molar-refractivity contribution < 1.29 is 38.4 Å². The summed E-state index contributed by atoms with van der Waals surface area (Å²) in [6.07, 6.45) is 0.631. The van der Waals surface area contributed by atoms with Crippen LogP contribution in [-0.4, -0.2) is 97.8 Å². The summed E-state index contributed by atoms with van der Waals surface area (Å²) in [6.45, 7) is 9.24. The van der Waals surface area contributed by atoms with Gasteiger partial charge in [-0.15, -0.1) is 0 Å². The first-order chi connectivity index (χ1) is 19.2. The van der Waals surface area contributed by atoms with E-state index in [2.05, 4.69) is 9.88 Å². The molecule has 2 N–H and O–H groups in total. The third kappa shape index (κ3) is 5.57. The number of benzene rings is 1. The molecule has 2 aliphatic heterocycles. The first-order valence-electron chi connectivity index (χ1n) is 13.4. The Hall–Kier alpha value is -3.83. The number of rotatable bonds is 10. The number of amides is 1. The molecule has 0 saturated carbocycles. The molecule has 4 rings (SSSR count). The summed E-state index contributed by atoms with van der Waals surface area (Å²) in [5.41, 5.74) is 1.91. The minimum Gasteiger partial charge on any atom is -0.507 e. The summed E-state index contributed by atoms with van der Waals surface area (Å²) in [5.74, 6) is -1.48. The van der Waals surface area contributed by atoms with Crippen LogP contribution in [-0.2, 0) is 19.1 Å². The molecular weight excluding hydrogens is 518 g/mol. The zero-order valence-corrected chi connectivity index (χ0v) is 23.7. The van der Waals surface area contributed by atoms with Gasteiger partial charge in [0.15, 0.2) is 11.5 Å². The number of hydrogen-bond acceptors (Lipinski definition) is 9. The molecule has 40 heavy (non-hydrogen) atoms. The van der Waals surface area contributed by atoms with Gasteiger partial charge in [0.2, 0.25) is 0 Å². The lowest BCUT2D eigenvalue weighted by atomic mass is 9.93. The first kappa shape index (κ1) is 29.2. The third-order valence-electron chi connectivity index (χ3n) is 7.39. The lowest BCUT2D eigenvalue weighted by Gasteiger charge is -2.29. The number of aromatic nitrogens is 1. The largest absolute Gasteiger partial charge is 0.507 e. The Labute approximate surface area is 233 Å². The molecule has 0 spiro atoms. The van der Waals surface area contributed by atoms with Crippen molar-refractivity contribution in [1.82, 2.24) is 14.8 Å². The van der Waals surface area contributed by atoms with Gasteiger partial charge < -0.3 is 33.9 Å². The minimum atomic E-state index is -0.871. The van der Waals surface area contributed by atoms with Crippen LogP contribution in [0.1, 0.15) is 52.3 Å². The average Bonchev–Trinajstić information content (AvgIpc) is 3.40. The molecule has 0 unspecified atom stereocenters. The highest BCUT2D eigenvalue weighted by Crippen LogP contribution is 2.43. The minimum absolute atomic E-state index is 0.0517. The highest BCUT2D eigenvalue weighted by Gasteiger charge is 2.46. The van der Waals surface area contributed by atoms with Crippen LogP contribution in [0.2, 0.25) is 0 Å². The fraction of sp³-hybridized carbons (Fsp3) is 0.483. The van der Waals surface area contributed by atoms with Crippen LogP contribution in [0.5, 0.6) is 11.5 Å². The summed E-state index contributed by atoms with van der Waals surface area (Å²) in [5, 5.41) is 11.6. The summed E-state index contributed by atoms with van der Waals surface area (Å²) >= 11 is 0. The number of aliphatic hydroxyl groups excluding tert-OH is 1. The molecule has 11 heteroatoms. The number of methoxy groups -OCH3 is 2. The number of nitrogens with zero attached hydrogens (tertiary/aromatic N) is 2. The molecule has 2 fully saturated rings. The van der Waals surface area contributed by atoms with E-state index in [0.717, 1.165) is 19.6 Å². The van der Waals surface area contributed by atoms with Gasteiger partial charge in [0.1, 0.15) is 11.5 Å². The van der Waals surface area contributed by atoms with Gasteiger partial charge in [-0.1, -0.05) is 6.07 Å². The van der Waals surface area contributed by atoms with Crippen molar-refractivity contribution in [3.63, 3.8) is 0 Å². The maximum absolute atomic E-state index is 13.5. The number of H-pyrrole nitrogens is 1. The van der Waals surface area contributed by atoms with Crippen molar-refractivity contribution in [1.29, 1.82) is 0 Å². The van der Waals surface area contributed by atoms with E-state index in [0.29, 0.717) is 60.1 Å². The number of esters is 1. The van der Waals surface area contributed by atoms with E-state index in [9.17, 15) is 19.5 Å². The number of morpholine rings is 1. The number of aryl methyl sites for hydroxylation is 1. The molecule has 11 nitrogen and oxygen atoms in total. The van der Waals surface area contributed by atoms with E-state index in [1.807, 2.05) is 0 Å². The number of aromatic amines is 1. The second kappa shape index (κ2) is 12.6. The van der Waals surface area contributed by atoms with Crippen molar-refractivity contribution in [2.45, 2.75) is 33.2 Å². The lowest BCUT2D eigenvalue weighted by Crippen LogP contribution is -2.39. The van der Waals surface area contributed by atoms with E-state index in [1.165, 1.54) is 19.1 Å². The van der Waals surface area contributed by atoms with Crippen LogP contribution < -0.4 is 9.47 Å². The molecule has 1 atom stereocenters. The van der Waals surface area contributed by atoms with Gasteiger partial charge >= 0.3 is 5.97 Å². The zero-order valence-electron chi connectivity index (χ0n) is 23.7. The molecule has 3 heterocycles. The molecule has 1 aromatic carbocycles. The molecule has 0 aliphatic carbocycles. The van der Waals surface area contributed by atoms with Gasteiger partial charge in [0.05, 0.1) is 45.7 Å². The number of carbonyl (C=O) groups is 3. The molecule has 2 saturated heterocycles. The Morgan fingerprint density at radius 1 is 1.10 bits per heavy atom. The van der Waals surface area contributed by atoms with E-state index in [-0.39, 0.29) is 23.6 Å². The monoisotopic (exact) mass is 555 g/mol. The van der Waals surface area contributed by atoms with Crippen molar-refractivity contribution >= 4 is 23.4 Å². The van der Waals surface area contributed by atoms with E-state index >= 15 is 0 Å². The van der Waals surface area contributed by atoms with Gasteiger partial charge in [0.25, 0.3) is 11.7 Å². The fourth-order valence-corrected chi connectivity index (χ4v) is 5.42. The van der Waals surface area contributed by atoms with Gasteiger partial charge in [0, 0.05) is 37.4 Å². The smallest absolute Gasteiger partial charge is 0.355 e. The number of hydrogen-bond donors (Lipinski definition) is 2. The fourth-order valence-electron chi connectivity index (χ4n) is 5.42.